The average molecular weight is 315 g/mol. The van der Waals surface area contributed by atoms with Crippen molar-refractivity contribution in [2.45, 2.75) is 5.25 Å². The van der Waals surface area contributed by atoms with E-state index in [-0.39, 0.29) is 11.2 Å². The van der Waals surface area contributed by atoms with Gasteiger partial charge in [0.15, 0.2) is 0 Å². The molecule has 0 aromatic heterocycles. The second kappa shape index (κ2) is 5.93. The van der Waals surface area contributed by atoms with Gasteiger partial charge in [-0.3, -0.25) is 4.79 Å². The van der Waals surface area contributed by atoms with Crippen LogP contribution in [0.5, 0.6) is 11.5 Å². The predicted molar refractivity (Wildman–Crippen MR) is 89.9 cm³/mol. The molecular weight excluding hydrogens is 298 g/mol. The highest BCUT2D eigenvalue weighted by molar-refractivity contribution is 7.99. The van der Waals surface area contributed by atoms with Gasteiger partial charge in [0.05, 0.1) is 14.2 Å². The van der Waals surface area contributed by atoms with Crippen molar-refractivity contribution >= 4 is 23.4 Å². The number of benzene rings is 2. The zero-order chi connectivity index (χ0) is 15.7. The summed E-state index contributed by atoms with van der Waals surface area (Å²) >= 11 is 1.54. The van der Waals surface area contributed by atoms with Gasteiger partial charge in [-0.15, -0.1) is 11.8 Å². The number of carbonyl (C=O) groups excluding carboxylic acids is 1. The number of rotatable bonds is 4. The van der Waals surface area contributed by atoms with Gasteiger partial charge >= 0.3 is 0 Å². The summed E-state index contributed by atoms with van der Waals surface area (Å²) in [6, 6.07) is 11.7. The van der Waals surface area contributed by atoms with E-state index in [1.54, 1.807) is 26.0 Å². The van der Waals surface area contributed by atoms with Crippen molar-refractivity contribution in [1.82, 2.24) is 0 Å². The average Bonchev–Trinajstić information content (AvgIpc) is 2.88. The summed E-state index contributed by atoms with van der Waals surface area (Å²) in [6.07, 6.45) is 1.94. The number of methoxy groups -OCH3 is 2. The number of thioether (sulfide) groups is 1. The molecule has 1 amide bonds. The SMILES string of the molecule is COc1ccc(OC)c(-c2ccc3c(c2)NC(=O)C3SC)c1. The number of carbonyl (C=O) groups is 1. The van der Waals surface area contributed by atoms with Gasteiger partial charge in [0.1, 0.15) is 16.7 Å². The fourth-order valence-corrected chi connectivity index (χ4v) is 3.41. The van der Waals surface area contributed by atoms with E-state index in [2.05, 4.69) is 5.32 Å². The van der Waals surface area contributed by atoms with Gasteiger partial charge in [-0.2, -0.15) is 0 Å². The Kier molecular flexibility index (Phi) is 3.98. The summed E-state index contributed by atoms with van der Waals surface area (Å²) in [6.45, 7) is 0. The number of hydrogen-bond donors (Lipinski definition) is 1. The first-order valence-electron chi connectivity index (χ1n) is 6.88. The minimum atomic E-state index is -0.128. The van der Waals surface area contributed by atoms with E-state index in [1.807, 2.05) is 42.7 Å². The molecule has 0 saturated heterocycles. The molecule has 1 atom stereocenters. The molecule has 1 heterocycles. The standard InChI is InChI=1S/C17H17NO3S/c1-20-11-5-7-15(21-2)13(9-11)10-4-6-12-14(8-10)18-17(19)16(12)22-3/h4-9,16H,1-3H3,(H,18,19). The Morgan fingerprint density at radius 3 is 2.59 bits per heavy atom. The summed E-state index contributed by atoms with van der Waals surface area (Å²) in [7, 11) is 3.28. The Labute approximate surface area is 133 Å². The van der Waals surface area contributed by atoms with E-state index in [4.69, 9.17) is 9.47 Å². The lowest BCUT2D eigenvalue weighted by atomic mass is 10.0. The summed E-state index contributed by atoms with van der Waals surface area (Å²) in [5.41, 5.74) is 3.82. The molecule has 114 valence electrons. The van der Waals surface area contributed by atoms with Crippen LogP contribution >= 0.6 is 11.8 Å². The number of anilines is 1. The quantitative estimate of drug-likeness (QED) is 0.934. The first-order chi connectivity index (χ1) is 10.7. The second-order valence-corrected chi connectivity index (χ2v) is 5.92. The molecule has 22 heavy (non-hydrogen) atoms. The molecule has 1 unspecified atom stereocenters. The zero-order valence-corrected chi connectivity index (χ0v) is 13.5. The molecule has 0 saturated carbocycles. The van der Waals surface area contributed by atoms with E-state index in [9.17, 15) is 4.79 Å². The lowest BCUT2D eigenvalue weighted by Gasteiger charge is -2.12. The first kappa shape index (κ1) is 14.8. The number of amides is 1. The van der Waals surface area contributed by atoms with Gasteiger partial charge in [0.25, 0.3) is 0 Å². The summed E-state index contributed by atoms with van der Waals surface area (Å²) in [5.74, 6) is 1.58. The Bertz CT molecular complexity index is 730. The molecule has 1 aliphatic rings. The number of hydrogen-bond acceptors (Lipinski definition) is 4. The molecule has 1 N–H and O–H groups in total. The lowest BCUT2D eigenvalue weighted by Crippen LogP contribution is -2.08. The van der Waals surface area contributed by atoms with Crippen LogP contribution < -0.4 is 14.8 Å². The number of nitrogens with one attached hydrogen (secondary N) is 1. The van der Waals surface area contributed by atoms with Crippen LogP contribution in [0.15, 0.2) is 36.4 Å². The molecule has 0 bridgehead atoms. The van der Waals surface area contributed by atoms with Gasteiger partial charge in [-0.25, -0.2) is 0 Å². The molecule has 0 fully saturated rings. The monoisotopic (exact) mass is 315 g/mol. The summed E-state index contributed by atoms with van der Waals surface area (Å²) in [5, 5.41) is 2.81. The van der Waals surface area contributed by atoms with Gasteiger partial charge in [-0.1, -0.05) is 12.1 Å². The van der Waals surface area contributed by atoms with E-state index >= 15 is 0 Å². The first-order valence-corrected chi connectivity index (χ1v) is 8.16. The van der Waals surface area contributed by atoms with E-state index < -0.39 is 0 Å². The fraction of sp³-hybridized carbons (Fsp3) is 0.235. The number of fused-ring (bicyclic) bond motifs is 1. The summed E-state index contributed by atoms with van der Waals surface area (Å²) < 4.78 is 10.7. The van der Waals surface area contributed by atoms with Gasteiger partial charge in [0.2, 0.25) is 5.91 Å². The van der Waals surface area contributed by atoms with Crippen LogP contribution in [0, 0.1) is 0 Å². The third-order valence-corrected chi connectivity index (χ3v) is 4.72. The maximum absolute atomic E-state index is 12.0. The maximum Gasteiger partial charge on any atom is 0.242 e. The van der Waals surface area contributed by atoms with Crippen molar-refractivity contribution in [2.75, 3.05) is 25.8 Å². The largest absolute Gasteiger partial charge is 0.497 e. The van der Waals surface area contributed by atoms with Crippen LogP contribution in [-0.4, -0.2) is 26.4 Å². The Morgan fingerprint density at radius 1 is 1.09 bits per heavy atom. The fourth-order valence-electron chi connectivity index (χ4n) is 2.67. The molecule has 4 nitrogen and oxygen atoms in total. The van der Waals surface area contributed by atoms with Gasteiger partial charge in [-0.05, 0) is 41.6 Å². The van der Waals surface area contributed by atoms with Gasteiger partial charge in [0, 0.05) is 11.3 Å². The molecule has 1 aliphatic heterocycles. The maximum atomic E-state index is 12.0. The topological polar surface area (TPSA) is 47.6 Å². The third kappa shape index (κ3) is 2.41. The van der Waals surface area contributed by atoms with Crippen LogP contribution in [0.2, 0.25) is 0 Å². The molecular formula is C17H17NO3S. The van der Waals surface area contributed by atoms with Crippen LogP contribution in [0.4, 0.5) is 5.69 Å². The smallest absolute Gasteiger partial charge is 0.242 e. The van der Waals surface area contributed by atoms with Crippen molar-refractivity contribution < 1.29 is 14.3 Å². The molecule has 3 rings (SSSR count). The minimum Gasteiger partial charge on any atom is -0.497 e. The highest BCUT2D eigenvalue weighted by Gasteiger charge is 2.29. The highest BCUT2D eigenvalue weighted by Crippen LogP contribution is 2.42. The lowest BCUT2D eigenvalue weighted by molar-refractivity contribution is -0.115. The Balaban J connectivity index is 2.08. The summed E-state index contributed by atoms with van der Waals surface area (Å²) in [4.78, 5) is 12.0. The van der Waals surface area contributed by atoms with Crippen molar-refractivity contribution in [3.8, 4) is 22.6 Å². The predicted octanol–water partition coefficient (Wildman–Crippen LogP) is 3.73. The third-order valence-electron chi connectivity index (χ3n) is 3.79. The molecule has 2 aromatic rings. The molecule has 2 aromatic carbocycles. The zero-order valence-electron chi connectivity index (χ0n) is 12.7. The minimum absolute atomic E-state index is 0.0391. The van der Waals surface area contributed by atoms with E-state index in [0.29, 0.717) is 0 Å². The molecule has 0 radical (unpaired) electrons. The van der Waals surface area contributed by atoms with E-state index in [0.717, 1.165) is 33.9 Å². The Hall–Kier alpha value is -2.14. The van der Waals surface area contributed by atoms with E-state index in [1.165, 1.54) is 0 Å². The van der Waals surface area contributed by atoms with Gasteiger partial charge < -0.3 is 14.8 Å². The van der Waals surface area contributed by atoms with Crippen LogP contribution in [-0.2, 0) is 4.79 Å². The highest BCUT2D eigenvalue weighted by atomic mass is 32.2. The van der Waals surface area contributed by atoms with Crippen molar-refractivity contribution in [3.05, 3.63) is 42.0 Å². The molecule has 5 heteroatoms. The Morgan fingerprint density at radius 2 is 1.91 bits per heavy atom. The van der Waals surface area contributed by atoms with Crippen molar-refractivity contribution in [1.29, 1.82) is 0 Å². The van der Waals surface area contributed by atoms with Crippen LogP contribution in [0.1, 0.15) is 10.8 Å². The normalized spacial score (nSPS) is 16.1. The van der Waals surface area contributed by atoms with Crippen molar-refractivity contribution in [2.24, 2.45) is 0 Å². The second-order valence-electron chi connectivity index (χ2n) is 4.97. The van der Waals surface area contributed by atoms with Crippen LogP contribution in [0.25, 0.3) is 11.1 Å². The van der Waals surface area contributed by atoms with Crippen LogP contribution in [0.3, 0.4) is 0 Å². The number of ether oxygens (including phenoxy) is 2. The molecule has 0 spiro atoms. The van der Waals surface area contributed by atoms with Crippen molar-refractivity contribution in [3.63, 3.8) is 0 Å². The molecule has 0 aliphatic carbocycles.